The molecule has 2 rings (SSSR count). The molecule has 1 aromatic carbocycles. The van der Waals surface area contributed by atoms with E-state index in [0.717, 1.165) is 5.52 Å². The zero-order valence-electron chi connectivity index (χ0n) is 11.1. The highest BCUT2D eigenvalue weighted by Crippen LogP contribution is 2.31. The Morgan fingerprint density at radius 3 is 2.65 bits per heavy atom. The standard InChI is InChI=1S/C13H14Cl3N3O/c1-3-17-12(20)6-19-11-5-9(16)8(15)4-10(11)18-13(19)7(2)14/h4-5,7H,3,6H2,1-2H3,(H,17,20). The van der Waals surface area contributed by atoms with E-state index < -0.39 is 0 Å². The summed E-state index contributed by atoms with van der Waals surface area (Å²) in [7, 11) is 0. The maximum absolute atomic E-state index is 11.8. The third kappa shape index (κ3) is 3.03. The van der Waals surface area contributed by atoms with Gasteiger partial charge in [0, 0.05) is 6.54 Å². The lowest BCUT2D eigenvalue weighted by atomic mass is 10.3. The molecule has 1 N–H and O–H groups in total. The van der Waals surface area contributed by atoms with Gasteiger partial charge < -0.3 is 9.88 Å². The third-order valence-electron chi connectivity index (χ3n) is 2.85. The molecular formula is C13H14Cl3N3O. The zero-order chi connectivity index (χ0) is 14.9. The lowest BCUT2D eigenvalue weighted by Crippen LogP contribution is -2.27. The quantitative estimate of drug-likeness (QED) is 0.865. The first-order valence-electron chi connectivity index (χ1n) is 6.20. The van der Waals surface area contributed by atoms with E-state index >= 15 is 0 Å². The molecule has 0 aliphatic heterocycles. The molecule has 1 heterocycles. The summed E-state index contributed by atoms with van der Waals surface area (Å²) >= 11 is 18.2. The normalized spacial score (nSPS) is 12.7. The van der Waals surface area contributed by atoms with E-state index in [4.69, 9.17) is 34.8 Å². The molecule has 1 atom stereocenters. The van der Waals surface area contributed by atoms with E-state index in [1.807, 2.05) is 6.92 Å². The summed E-state index contributed by atoms with van der Waals surface area (Å²) in [5, 5.41) is 3.27. The van der Waals surface area contributed by atoms with E-state index in [1.54, 1.807) is 23.6 Å². The highest BCUT2D eigenvalue weighted by Gasteiger charge is 2.18. The minimum atomic E-state index is -0.325. The largest absolute Gasteiger partial charge is 0.355 e. The van der Waals surface area contributed by atoms with E-state index in [9.17, 15) is 4.79 Å². The first-order chi connectivity index (χ1) is 9.43. The van der Waals surface area contributed by atoms with Crippen LogP contribution in [0.5, 0.6) is 0 Å². The number of fused-ring (bicyclic) bond motifs is 1. The second-order valence-electron chi connectivity index (χ2n) is 4.38. The number of rotatable bonds is 4. The fraction of sp³-hybridized carbons (Fsp3) is 0.385. The molecule has 0 aliphatic rings. The first kappa shape index (κ1) is 15.4. The summed E-state index contributed by atoms with van der Waals surface area (Å²) in [6.07, 6.45) is 0. The van der Waals surface area contributed by atoms with Gasteiger partial charge in [0.05, 0.1) is 26.5 Å². The highest BCUT2D eigenvalue weighted by atomic mass is 35.5. The SMILES string of the molecule is CCNC(=O)Cn1c(C(C)Cl)nc2cc(Cl)c(Cl)cc21. The number of hydrogen-bond acceptors (Lipinski definition) is 2. The molecule has 2 aromatic rings. The molecule has 0 saturated carbocycles. The molecule has 0 fully saturated rings. The Morgan fingerprint density at radius 2 is 2.05 bits per heavy atom. The molecule has 0 radical (unpaired) electrons. The number of likely N-dealkylation sites (N-methyl/N-ethyl adjacent to an activating group) is 1. The van der Waals surface area contributed by atoms with E-state index in [1.165, 1.54) is 0 Å². The van der Waals surface area contributed by atoms with Crippen molar-refractivity contribution in [2.24, 2.45) is 0 Å². The molecule has 4 nitrogen and oxygen atoms in total. The molecular weight excluding hydrogens is 321 g/mol. The summed E-state index contributed by atoms with van der Waals surface area (Å²) < 4.78 is 1.76. The third-order valence-corrected chi connectivity index (χ3v) is 3.77. The highest BCUT2D eigenvalue weighted by molar-refractivity contribution is 6.42. The number of carbonyl (C=O) groups excluding carboxylic acids is 1. The molecule has 1 unspecified atom stereocenters. The van der Waals surface area contributed by atoms with Gasteiger partial charge in [0.15, 0.2) is 0 Å². The molecule has 0 spiro atoms. The van der Waals surface area contributed by atoms with Crippen molar-refractivity contribution in [2.45, 2.75) is 25.8 Å². The van der Waals surface area contributed by atoms with Crippen LogP contribution in [0.2, 0.25) is 10.0 Å². The van der Waals surface area contributed by atoms with Crippen LogP contribution in [0.15, 0.2) is 12.1 Å². The number of alkyl halides is 1. The molecule has 0 saturated heterocycles. The van der Waals surface area contributed by atoms with Gasteiger partial charge in [-0.2, -0.15) is 0 Å². The van der Waals surface area contributed by atoms with Gasteiger partial charge in [-0.05, 0) is 26.0 Å². The minimum absolute atomic E-state index is 0.101. The molecule has 7 heteroatoms. The van der Waals surface area contributed by atoms with E-state index in [0.29, 0.717) is 27.9 Å². The Morgan fingerprint density at radius 1 is 1.40 bits per heavy atom. The van der Waals surface area contributed by atoms with Crippen molar-refractivity contribution in [2.75, 3.05) is 6.54 Å². The predicted molar refractivity (Wildman–Crippen MR) is 82.7 cm³/mol. The van der Waals surface area contributed by atoms with Crippen LogP contribution in [0.25, 0.3) is 11.0 Å². The lowest BCUT2D eigenvalue weighted by molar-refractivity contribution is -0.121. The van der Waals surface area contributed by atoms with Crippen LogP contribution >= 0.6 is 34.8 Å². The number of aromatic nitrogens is 2. The van der Waals surface area contributed by atoms with E-state index in [-0.39, 0.29) is 17.8 Å². The molecule has 108 valence electrons. The zero-order valence-corrected chi connectivity index (χ0v) is 13.4. The molecule has 0 bridgehead atoms. The summed E-state index contributed by atoms with van der Waals surface area (Å²) in [5.74, 6) is 0.516. The summed E-state index contributed by atoms with van der Waals surface area (Å²) in [4.78, 5) is 16.3. The maximum Gasteiger partial charge on any atom is 0.239 e. The van der Waals surface area contributed by atoms with Crippen molar-refractivity contribution < 1.29 is 4.79 Å². The number of nitrogens with zero attached hydrogens (tertiary/aromatic N) is 2. The fourth-order valence-electron chi connectivity index (χ4n) is 2.01. The maximum atomic E-state index is 11.8. The van der Waals surface area contributed by atoms with Crippen LogP contribution in [0.4, 0.5) is 0 Å². The van der Waals surface area contributed by atoms with Crippen LogP contribution in [-0.4, -0.2) is 22.0 Å². The summed E-state index contributed by atoms with van der Waals surface area (Å²) in [6, 6.07) is 3.38. The Labute approximate surface area is 132 Å². The van der Waals surface area contributed by atoms with Crippen molar-refractivity contribution in [3.8, 4) is 0 Å². The number of carbonyl (C=O) groups is 1. The molecule has 1 aromatic heterocycles. The number of nitrogens with one attached hydrogen (secondary N) is 1. The van der Waals surface area contributed by atoms with Crippen LogP contribution in [-0.2, 0) is 11.3 Å². The monoisotopic (exact) mass is 333 g/mol. The molecule has 20 heavy (non-hydrogen) atoms. The van der Waals surface area contributed by atoms with Crippen LogP contribution in [0.1, 0.15) is 25.0 Å². The molecule has 0 aliphatic carbocycles. The molecule has 1 amide bonds. The number of halogens is 3. The van der Waals surface area contributed by atoms with Gasteiger partial charge in [-0.25, -0.2) is 4.98 Å². The topological polar surface area (TPSA) is 46.9 Å². The van der Waals surface area contributed by atoms with Gasteiger partial charge in [-0.1, -0.05) is 23.2 Å². The fourth-order valence-corrected chi connectivity index (χ4v) is 2.49. The van der Waals surface area contributed by atoms with Crippen LogP contribution < -0.4 is 5.32 Å². The number of amides is 1. The van der Waals surface area contributed by atoms with Gasteiger partial charge in [0.2, 0.25) is 5.91 Å². The van der Waals surface area contributed by atoms with Crippen molar-refractivity contribution in [3.63, 3.8) is 0 Å². The summed E-state index contributed by atoms with van der Waals surface area (Å²) in [5.41, 5.74) is 1.42. The minimum Gasteiger partial charge on any atom is -0.355 e. The van der Waals surface area contributed by atoms with Crippen LogP contribution in [0, 0.1) is 0 Å². The van der Waals surface area contributed by atoms with Crippen molar-refractivity contribution in [1.29, 1.82) is 0 Å². The average molecular weight is 335 g/mol. The predicted octanol–water partition coefficient (Wildman–Crippen LogP) is 3.78. The van der Waals surface area contributed by atoms with Crippen molar-refractivity contribution in [1.82, 2.24) is 14.9 Å². The van der Waals surface area contributed by atoms with E-state index in [2.05, 4.69) is 10.3 Å². The van der Waals surface area contributed by atoms with Crippen molar-refractivity contribution in [3.05, 3.63) is 28.0 Å². The average Bonchev–Trinajstić information content (AvgIpc) is 2.69. The van der Waals surface area contributed by atoms with Gasteiger partial charge >= 0.3 is 0 Å². The van der Waals surface area contributed by atoms with Crippen molar-refractivity contribution >= 4 is 51.7 Å². The number of benzene rings is 1. The van der Waals surface area contributed by atoms with Gasteiger partial charge in [-0.15, -0.1) is 11.6 Å². The number of hydrogen-bond donors (Lipinski definition) is 1. The van der Waals surface area contributed by atoms with Crippen LogP contribution in [0.3, 0.4) is 0 Å². The first-order valence-corrected chi connectivity index (χ1v) is 7.39. The van der Waals surface area contributed by atoms with Gasteiger partial charge in [-0.3, -0.25) is 4.79 Å². The summed E-state index contributed by atoms with van der Waals surface area (Å²) in [6.45, 7) is 4.39. The second kappa shape index (κ2) is 6.20. The Balaban J connectivity index is 2.56. The Kier molecular flexibility index (Phi) is 4.78. The Bertz CT molecular complexity index is 652. The van der Waals surface area contributed by atoms with Gasteiger partial charge in [0.25, 0.3) is 0 Å². The number of imidazole rings is 1. The Hall–Kier alpha value is -0.970. The lowest BCUT2D eigenvalue weighted by Gasteiger charge is -2.10. The smallest absolute Gasteiger partial charge is 0.239 e. The second-order valence-corrected chi connectivity index (χ2v) is 5.85. The van der Waals surface area contributed by atoms with Gasteiger partial charge in [0.1, 0.15) is 12.4 Å².